The van der Waals surface area contributed by atoms with Crippen LogP contribution in [0.3, 0.4) is 0 Å². The van der Waals surface area contributed by atoms with E-state index in [1.165, 1.54) is 0 Å². The smallest absolute Gasteiger partial charge is 0.340 e. The number of rotatable bonds is 6. The summed E-state index contributed by atoms with van der Waals surface area (Å²) < 4.78 is 40.3. The molecule has 1 aromatic heterocycles. The molecule has 0 aliphatic carbocycles. The van der Waals surface area contributed by atoms with Gasteiger partial charge in [0.05, 0.1) is 0 Å². The molecule has 0 fully saturated rings. The number of halogens is 3. The molecule has 28 heavy (non-hydrogen) atoms. The fourth-order valence-electron chi connectivity index (χ4n) is 2.78. The minimum absolute atomic E-state index is 0.171. The molecule has 0 aliphatic heterocycles. The number of benzene rings is 2. The van der Waals surface area contributed by atoms with Crippen LogP contribution in [0.15, 0.2) is 60.8 Å². The van der Waals surface area contributed by atoms with Gasteiger partial charge in [-0.3, -0.25) is 0 Å². The lowest BCUT2D eigenvalue weighted by molar-refractivity contribution is -0.137. The first-order valence-electron chi connectivity index (χ1n) is 8.97. The fourth-order valence-corrected chi connectivity index (χ4v) is 2.78. The van der Waals surface area contributed by atoms with Gasteiger partial charge >= 0.3 is 6.18 Å². The Morgan fingerprint density at radius 3 is 2.29 bits per heavy atom. The monoisotopic (exact) mass is 386 g/mol. The highest BCUT2D eigenvalue weighted by atomic mass is 19.4. The Balaban J connectivity index is 1.94. The second-order valence-corrected chi connectivity index (χ2v) is 6.40. The molecule has 7 heteroatoms. The minimum atomic E-state index is -4.56. The van der Waals surface area contributed by atoms with Gasteiger partial charge in [0.1, 0.15) is 11.4 Å². The van der Waals surface area contributed by atoms with Gasteiger partial charge in [-0.2, -0.15) is 18.2 Å². The quantitative estimate of drug-likeness (QED) is 0.568. The summed E-state index contributed by atoms with van der Waals surface area (Å²) >= 11 is 0. The van der Waals surface area contributed by atoms with E-state index in [0.717, 1.165) is 30.3 Å². The maximum absolute atomic E-state index is 13.4. The maximum atomic E-state index is 13.4. The number of aromatic nitrogens is 2. The predicted octanol–water partition coefficient (Wildman–Crippen LogP) is 5.96. The summed E-state index contributed by atoms with van der Waals surface area (Å²) in [7, 11) is 1.71. The Bertz CT molecular complexity index is 909. The van der Waals surface area contributed by atoms with Crippen LogP contribution in [0.1, 0.15) is 24.5 Å². The highest BCUT2D eigenvalue weighted by Gasteiger charge is 2.35. The molecule has 0 saturated carbocycles. The van der Waals surface area contributed by atoms with Crippen molar-refractivity contribution in [2.24, 2.45) is 0 Å². The van der Waals surface area contributed by atoms with E-state index >= 15 is 0 Å². The van der Waals surface area contributed by atoms with E-state index in [1.54, 1.807) is 24.1 Å². The summed E-state index contributed by atoms with van der Waals surface area (Å²) in [4.78, 5) is 9.70. The average molecular weight is 386 g/mol. The van der Waals surface area contributed by atoms with Crippen molar-refractivity contribution in [3.8, 4) is 0 Å². The van der Waals surface area contributed by atoms with Gasteiger partial charge in [-0.1, -0.05) is 43.7 Å². The number of aryl methyl sites for hydroxylation is 1. The Morgan fingerprint density at radius 2 is 1.68 bits per heavy atom. The Kier molecular flexibility index (Phi) is 5.82. The first-order valence-corrected chi connectivity index (χ1v) is 8.97. The molecule has 2 aromatic carbocycles. The summed E-state index contributed by atoms with van der Waals surface area (Å²) in [5, 5.41) is 2.80. The van der Waals surface area contributed by atoms with Gasteiger partial charge in [0, 0.05) is 24.6 Å². The number of para-hydroxylation sites is 1. The van der Waals surface area contributed by atoms with E-state index in [9.17, 15) is 13.2 Å². The van der Waals surface area contributed by atoms with Crippen LogP contribution in [-0.2, 0) is 12.6 Å². The molecule has 3 rings (SSSR count). The molecule has 0 spiro atoms. The standard InChI is InChI=1S/C21H21F3N4/c1-3-7-15-10-12-16(13-11-15)26-19-18(21(22,23)24)14-25-20(27-19)28(2)17-8-5-4-6-9-17/h4-6,8-14H,3,7H2,1-2H3,(H,25,26,27). The number of anilines is 4. The highest BCUT2D eigenvalue weighted by molar-refractivity contribution is 5.64. The third kappa shape index (κ3) is 4.60. The summed E-state index contributed by atoms with van der Waals surface area (Å²) in [6.07, 6.45) is -1.82. The molecule has 1 heterocycles. The SMILES string of the molecule is CCCc1ccc(Nc2nc(N(C)c3ccccc3)ncc2C(F)(F)F)cc1. The first-order chi connectivity index (χ1) is 13.4. The molecule has 0 amide bonds. The Labute approximate surface area is 162 Å². The average Bonchev–Trinajstić information content (AvgIpc) is 2.69. The van der Waals surface area contributed by atoms with Crippen LogP contribution in [0.4, 0.5) is 36.3 Å². The fraction of sp³-hybridized carbons (Fsp3) is 0.238. The van der Waals surface area contributed by atoms with Gasteiger partial charge < -0.3 is 10.2 Å². The molecule has 0 bridgehead atoms. The van der Waals surface area contributed by atoms with Crippen molar-refractivity contribution in [2.45, 2.75) is 25.9 Å². The minimum Gasteiger partial charge on any atom is -0.340 e. The third-order valence-corrected chi connectivity index (χ3v) is 4.28. The van der Waals surface area contributed by atoms with Crippen LogP contribution in [0, 0.1) is 0 Å². The summed E-state index contributed by atoms with van der Waals surface area (Å²) in [6, 6.07) is 16.5. The molecular formula is C21H21F3N4. The van der Waals surface area contributed by atoms with E-state index in [2.05, 4.69) is 22.2 Å². The molecule has 3 aromatic rings. The van der Waals surface area contributed by atoms with Crippen LogP contribution < -0.4 is 10.2 Å². The highest BCUT2D eigenvalue weighted by Crippen LogP contribution is 2.36. The topological polar surface area (TPSA) is 41.1 Å². The van der Waals surface area contributed by atoms with Crippen molar-refractivity contribution < 1.29 is 13.2 Å². The number of nitrogens with one attached hydrogen (secondary N) is 1. The van der Waals surface area contributed by atoms with Crippen molar-refractivity contribution in [1.82, 2.24) is 9.97 Å². The largest absolute Gasteiger partial charge is 0.421 e. The summed E-state index contributed by atoms with van der Waals surface area (Å²) in [6.45, 7) is 2.08. The second-order valence-electron chi connectivity index (χ2n) is 6.40. The van der Waals surface area contributed by atoms with Crippen molar-refractivity contribution in [2.75, 3.05) is 17.3 Å². The van der Waals surface area contributed by atoms with Gasteiger partial charge in [-0.15, -0.1) is 0 Å². The molecule has 0 atom stereocenters. The summed E-state index contributed by atoms with van der Waals surface area (Å²) in [5.41, 5.74) is 1.54. The van der Waals surface area contributed by atoms with E-state index in [0.29, 0.717) is 5.69 Å². The molecule has 0 unspecified atom stereocenters. The first kappa shape index (κ1) is 19.7. The van der Waals surface area contributed by atoms with Gasteiger partial charge in [0.2, 0.25) is 5.95 Å². The van der Waals surface area contributed by atoms with Crippen molar-refractivity contribution in [3.05, 3.63) is 71.9 Å². The number of alkyl halides is 3. The van der Waals surface area contributed by atoms with E-state index in [-0.39, 0.29) is 11.8 Å². The molecule has 0 aliphatic rings. The van der Waals surface area contributed by atoms with Crippen LogP contribution in [0.2, 0.25) is 0 Å². The van der Waals surface area contributed by atoms with E-state index in [4.69, 9.17) is 0 Å². The molecule has 4 nitrogen and oxygen atoms in total. The van der Waals surface area contributed by atoms with Crippen molar-refractivity contribution in [3.63, 3.8) is 0 Å². The molecular weight excluding hydrogens is 365 g/mol. The second kappa shape index (κ2) is 8.29. The zero-order valence-corrected chi connectivity index (χ0v) is 15.7. The predicted molar refractivity (Wildman–Crippen MR) is 105 cm³/mol. The van der Waals surface area contributed by atoms with Gasteiger partial charge in [-0.25, -0.2) is 4.98 Å². The lowest BCUT2D eigenvalue weighted by Crippen LogP contribution is -2.17. The molecule has 0 saturated heterocycles. The van der Waals surface area contributed by atoms with E-state index in [1.807, 2.05) is 42.5 Å². The molecule has 0 radical (unpaired) electrons. The molecule has 146 valence electrons. The van der Waals surface area contributed by atoms with Crippen LogP contribution in [0.25, 0.3) is 0 Å². The van der Waals surface area contributed by atoms with Gasteiger partial charge in [0.25, 0.3) is 0 Å². The normalized spacial score (nSPS) is 11.3. The Morgan fingerprint density at radius 1 is 1.00 bits per heavy atom. The zero-order valence-electron chi connectivity index (χ0n) is 15.7. The molecule has 1 N–H and O–H groups in total. The third-order valence-electron chi connectivity index (χ3n) is 4.28. The zero-order chi connectivity index (χ0) is 20.1. The summed E-state index contributed by atoms with van der Waals surface area (Å²) in [5.74, 6) is -0.104. The van der Waals surface area contributed by atoms with Crippen molar-refractivity contribution >= 4 is 23.1 Å². The van der Waals surface area contributed by atoms with E-state index < -0.39 is 11.7 Å². The van der Waals surface area contributed by atoms with Crippen LogP contribution in [-0.4, -0.2) is 17.0 Å². The maximum Gasteiger partial charge on any atom is 0.421 e. The number of hydrogen-bond donors (Lipinski definition) is 1. The van der Waals surface area contributed by atoms with Gasteiger partial charge in [-0.05, 0) is 36.2 Å². The number of hydrogen-bond acceptors (Lipinski definition) is 4. The number of nitrogens with zero attached hydrogens (tertiary/aromatic N) is 3. The Hall–Kier alpha value is -3.09. The van der Waals surface area contributed by atoms with Crippen molar-refractivity contribution in [1.29, 1.82) is 0 Å². The lowest BCUT2D eigenvalue weighted by atomic mass is 10.1. The van der Waals surface area contributed by atoms with Gasteiger partial charge in [0.15, 0.2) is 0 Å². The van der Waals surface area contributed by atoms with Crippen LogP contribution >= 0.6 is 0 Å². The lowest BCUT2D eigenvalue weighted by Gasteiger charge is -2.20. The van der Waals surface area contributed by atoms with Crippen LogP contribution in [0.5, 0.6) is 0 Å².